The van der Waals surface area contributed by atoms with Crippen molar-refractivity contribution in [3.63, 3.8) is 0 Å². The van der Waals surface area contributed by atoms with Crippen molar-refractivity contribution in [3.8, 4) is 0 Å². The van der Waals surface area contributed by atoms with Gasteiger partial charge >= 0.3 is 0 Å². The number of rotatable bonds is 7. The number of hydrogen-bond donors (Lipinski definition) is 1. The maximum Gasteiger partial charge on any atom is 0.0727 e. The zero-order valence-corrected chi connectivity index (χ0v) is 11.0. The van der Waals surface area contributed by atoms with Gasteiger partial charge in [-0.3, -0.25) is 0 Å². The van der Waals surface area contributed by atoms with Gasteiger partial charge in [-0.2, -0.15) is 0 Å². The predicted molar refractivity (Wildman–Crippen MR) is 71.1 cm³/mol. The average Bonchev–Trinajstić information content (AvgIpc) is 2.30. The minimum Gasteiger partial charge on any atom is -0.377 e. The maximum absolute atomic E-state index is 5.57. The summed E-state index contributed by atoms with van der Waals surface area (Å²) in [5, 5.41) is 0. The van der Waals surface area contributed by atoms with Crippen LogP contribution in [0.4, 0.5) is 0 Å². The van der Waals surface area contributed by atoms with Gasteiger partial charge in [-0.05, 0) is 30.0 Å². The number of unbranched alkanes of at least 4 members (excludes halogenated alkanes) is 1. The number of hydrogen-bond acceptors (Lipinski definition) is 2. The van der Waals surface area contributed by atoms with Crippen LogP contribution >= 0.6 is 15.9 Å². The van der Waals surface area contributed by atoms with E-state index < -0.39 is 0 Å². The van der Waals surface area contributed by atoms with Crippen LogP contribution in [0.15, 0.2) is 35.3 Å². The first-order valence-electron chi connectivity index (χ1n) is 5.44. The molecule has 16 heavy (non-hydrogen) atoms. The first-order chi connectivity index (χ1) is 7.77. The van der Waals surface area contributed by atoms with E-state index in [9.17, 15) is 0 Å². The monoisotopic (exact) mass is 283 g/mol. The fourth-order valence-corrected chi connectivity index (χ4v) is 1.89. The van der Waals surface area contributed by atoms with Gasteiger partial charge in [0.2, 0.25) is 0 Å². The minimum atomic E-state index is 0.569. The van der Waals surface area contributed by atoms with Gasteiger partial charge < -0.3 is 10.5 Å². The molecule has 0 saturated carbocycles. The molecule has 0 atom stereocenters. The first kappa shape index (κ1) is 13.4. The van der Waals surface area contributed by atoms with Crippen LogP contribution in [0.5, 0.6) is 0 Å². The molecule has 2 N–H and O–H groups in total. The molecule has 88 valence electrons. The molecule has 0 spiro atoms. The second kappa shape index (κ2) is 7.60. The summed E-state index contributed by atoms with van der Waals surface area (Å²) in [7, 11) is 0. The summed E-state index contributed by atoms with van der Waals surface area (Å²) >= 11 is 3.52. The van der Waals surface area contributed by atoms with Crippen molar-refractivity contribution in [2.24, 2.45) is 5.73 Å². The van der Waals surface area contributed by atoms with Gasteiger partial charge in [-0.25, -0.2) is 0 Å². The smallest absolute Gasteiger partial charge is 0.0727 e. The molecule has 0 radical (unpaired) electrons. The fraction of sp³-hybridized carbons (Fsp3) is 0.385. The molecule has 0 aliphatic heterocycles. The van der Waals surface area contributed by atoms with E-state index in [1.807, 2.05) is 18.2 Å². The summed E-state index contributed by atoms with van der Waals surface area (Å²) in [5.41, 5.74) is 7.85. The van der Waals surface area contributed by atoms with Crippen molar-refractivity contribution in [2.75, 3.05) is 6.61 Å². The van der Waals surface area contributed by atoms with E-state index in [0.29, 0.717) is 13.2 Å². The number of ether oxygens (including phenoxy) is 1. The molecular weight excluding hydrogens is 266 g/mol. The molecule has 0 fully saturated rings. The summed E-state index contributed by atoms with van der Waals surface area (Å²) in [4.78, 5) is 0. The normalized spacial score (nSPS) is 10.4. The van der Waals surface area contributed by atoms with Crippen molar-refractivity contribution in [2.45, 2.75) is 26.0 Å². The van der Waals surface area contributed by atoms with Gasteiger partial charge in [0.1, 0.15) is 0 Å². The Kier molecular flexibility index (Phi) is 6.38. The lowest BCUT2D eigenvalue weighted by molar-refractivity contribution is 0.118. The van der Waals surface area contributed by atoms with E-state index >= 15 is 0 Å². The third-order valence-corrected chi connectivity index (χ3v) is 3.05. The Balaban J connectivity index is 2.39. The number of allylic oxidation sites excluding steroid dienone is 1. The zero-order chi connectivity index (χ0) is 11.8. The highest BCUT2D eigenvalue weighted by atomic mass is 79.9. The highest BCUT2D eigenvalue weighted by molar-refractivity contribution is 9.10. The first-order valence-corrected chi connectivity index (χ1v) is 6.23. The Morgan fingerprint density at radius 2 is 2.25 bits per heavy atom. The average molecular weight is 284 g/mol. The lowest BCUT2D eigenvalue weighted by Crippen LogP contribution is -1.99. The molecule has 2 nitrogen and oxygen atoms in total. The van der Waals surface area contributed by atoms with Crippen molar-refractivity contribution in [1.29, 1.82) is 0 Å². The molecule has 0 saturated heterocycles. The Morgan fingerprint density at radius 1 is 1.44 bits per heavy atom. The molecular formula is C13H18BrNO. The molecule has 0 amide bonds. The van der Waals surface area contributed by atoms with Crippen LogP contribution in [0, 0.1) is 0 Å². The van der Waals surface area contributed by atoms with Crippen molar-refractivity contribution in [3.05, 3.63) is 46.5 Å². The van der Waals surface area contributed by atoms with E-state index in [-0.39, 0.29) is 0 Å². The molecule has 0 aliphatic rings. The Labute approximate surface area is 106 Å². The highest BCUT2D eigenvalue weighted by Gasteiger charge is 2.00. The molecule has 1 rings (SSSR count). The van der Waals surface area contributed by atoms with Crippen LogP contribution in [-0.4, -0.2) is 6.61 Å². The van der Waals surface area contributed by atoms with E-state index in [1.54, 1.807) is 0 Å². The van der Waals surface area contributed by atoms with Crippen LogP contribution in [0.25, 0.3) is 0 Å². The molecule has 3 heteroatoms. The van der Waals surface area contributed by atoms with E-state index in [0.717, 1.165) is 35.0 Å². The molecule has 0 bridgehead atoms. The second-order valence-electron chi connectivity index (χ2n) is 3.61. The fourth-order valence-electron chi connectivity index (χ4n) is 1.35. The largest absolute Gasteiger partial charge is 0.377 e. The molecule has 1 aromatic carbocycles. The number of halogens is 1. The zero-order valence-electron chi connectivity index (χ0n) is 9.42. The van der Waals surface area contributed by atoms with Gasteiger partial charge in [-0.1, -0.05) is 34.1 Å². The summed E-state index contributed by atoms with van der Waals surface area (Å²) < 4.78 is 6.64. The Morgan fingerprint density at radius 3 is 2.88 bits per heavy atom. The third-order valence-electron chi connectivity index (χ3n) is 2.31. The summed E-state index contributed by atoms with van der Waals surface area (Å²) in [5.74, 6) is 0. The Hall–Kier alpha value is -0.640. The van der Waals surface area contributed by atoms with E-state index in [2.05, 4.69) is 28.6 Å². The van der Waals surface area contributed by atoms with Gasteiger partial charge in [-0.15, -0.1) is 6.58 Å². The molecule has 0 aliphatic carbocycles. The summed E-state index contributed by atoms with van der Waals surface area (Å²) in [6, 6.07) is 6.13. The predicted octanol–water partition coefficient (Wildman–Crippen LogP) is 3.39. The van der Waals surface area contributed by atoms with Crippen LogP contribution in [0.1, 0.15) is 24.0 Å². The lowest BCUT2D eigenvalue weighted by Gasteiger charge is -2.07. The van der Waals surface area contributed by atoms with E-state index in [1.165, 1.54) is 0 Å². The summed E-state index contributed by atoms with van der Waals surface area (Å²) in [6.07, 6.45) is 3.95. The standard InChI is InChI=1S/C13H18BrNO/c1-2-3-4-7-16-10-12-6-5-11(9-15)8-13(12)14/h2,5-6,8H,1,3-4,7,9-10,15H2. The lowest BCUT2D eigenvalue weighted by atomic mass is 10.1. The number of nitrogens with two attached hydrogens (primary N) is 1. The van der Waals surface area contributed by atoms with Crippen LogP contribution in [0.2, 0.25) is 0 Å². The SMILES string of the molecule is C=CCCCOCc1ccc(CN)cc1Br. The maximum atomic E-state index is 5.57. The van der Waals surface area contributed by atoms with Crippen molar-refractivity contribution >= 4 is 15.9 Å². The van der Waals surface area contributed by atoms with Crippen LogP contribution in [-0.2, 0) is 17.9 Å². The Bertz CT molecular complexity index is 339. The van der Waals surface area contributed by atoms with Gasteiger partial charge in [0, 0.05) is 17.6 Å². The molecule has 0 heterocycles. The van der Waals surface area contributed by atoms with Gasteiger partial charge in [0.25, 0.3) is 0 Å². The molecule has 0 aromatic heterocycles. The van der Waals surface area contributed by atoms with Crippen molar-refractivity contribution in [1.82, 2.24) is 0 Å². The highest BCUT2D eigenvalue weighted by Crippen LogP contribution is 2.19. The number of benzene rings is 1. The quantitative estimate of drug-likeness (QED) is 0.615. The van der Waals surface area contributed by atoms with Crippen molar-refractivity contribution < 1.29 is 4.74 Å². The summed E-state index contributed by atoms with van der Waals surface area (Å²) in [6.45, 7) is 5.66. The molecule has 0 unspecified atom stereocenters. The second-order valence-corrected chi connectivity index (χ2v) is 4.47. The van der Waals surface area contributed by atoms with Gasteiger partial charge in [0.15, 0.2) is 0 Å². The van der Waals surface area contributed by atoms with Gasteiger partial charge in [0.05, 0.1) is 6.61 Å². The third kappa shape index (κ3) is 4.47. The van der Waals surface area contributed by atoms with Crippen LogP contribution < -0.4 is 5.73 Å². The topological polar surface area (TPSA) is 35.2 Å². The van der Waals surface area contributed by atoms with Crippen LogP contribution in [0.3, 0.4) is 0 Å². The van der Waals surface area contributed by atoms with E-state index in [4.69, 9.17) is 10.5 Å². The minimum absolute atomic E-state index is 0.569. The molecule has 1 aromatic rings.